The van der Waals surface area contributed by atoms with Crippen molar-refractivity contribution in [1.29, 1.82) is 0 Å². The summed E-state index contributed by atoms with van der Waals surface area (Å²) in [4.78, 5) is 41.5. The van der Waals surface area contributed by atoms with Gasteiger partial charge in [-0.15, -0.1) is 0 Å². The number of amides is 3. The Morgan fingerprint density at radius 2 is 1.74 bits per heavy atom. The fraction of sp³-hybridized carbons (Fsp3) is 0.240. The summed E-state index contributed by atoms with van der Waals surface area (Å²) in [6.45, 7) is 3.48. The molecular formula is C25H24N6O3. The molecule has 4 N–H and O–H groups in total. The Morgan fingerprint density at radius 1 is 1.00 bits per heavy atom. The number of pyridine rings is 1. The van der Waals surface area contributed by atoms with Crippen LogP contribution >= 0.6 is 0 Å². The largest absolute Gasteiger partial charge is 0.350 e. The van der Waals surface area contributed by atoms with Crippen molar-refractivity contribution in [2.24, 2.45) is 11.3 Å². The maximum absolute atomic E-state index is 12.9. The number of nitrogens with zero attached hydrogens (tertiary/aromatic N) is 2. The van der Waals surface area contributed by atoms with E-state index < -0.39 is 5.41 Å². The molecule has 3 amide bonds. The SMILES string of the molecule is C=CC(=O)NC1CC2(C(=O)Nc3ccc(NC(=O)c4cccc(-c5ccn[nH]5)n4)cc3)CC1C2. The zero-order valence-electron chi connectivity index (χ0n) is 18.4. The van der Waals surface area contributed by atoms with Crippen LogP contribution in [-0.4, -0.2) is 38.9 Å². The number of nitrogens with one attached hydrogen (secondary N) is 4. The van der Waals surface area contributed by atoms with Crippen LogP contribution in [-0.2, 0) is 9.59 Å². The Balaban J connectivity index is 1.18. The van der Waals surface area contributed by atoms with Crippen LogP contribution in [0.4, 0.5) is 11.4 Å². The molecule has 3 aliphatic carbocycles. The first-order valence-electron chi connectivity index (χ1n) is 11.1. The van der Waals surface area contributed by atoms with Gasteiger partial charge in [0.1, 0.15) is 5.69 Å². The minimum Gasteiger partial charge on any atom is -0.350 e. The van der Waals surface area contributed by atoms with Crippen LogP contribution in [0, 0.1) is 11.3 Å². The van der Waals surface area contributed by atoms with Gasteiger partial charge in [0.15, 0.2) is 0 Å². The van der Waals surface area contributed by atoms with Gasteiger partial charge in [-0.1, -0.05) is 12.6 Å². The summed E-state index contributed by atoms with van der Waals surface area (Å²) in [5.74, 6) is -0.228. The molecule has 172 valence electrons. The molecule has 9 heteroatoms. The summed E-state index contributed by atoms with van der Waals surface area (Å²) < 4.78 is 0. The second-order valence-corrected chi connectivity index (χ2v) is 8.84. The normalized spacial score (nSPS) is 22.4. The lowest BCUT2D eigenvalue weighted by Gasteiger charge is -2.36. The van der Waals surface area contributed by atoms with Crippen molar-refractivity contribution >= 4 is 29.1 Å². The zero-order valence-corrected chi connectivity index (χ0v) is 18.4. The van der Waals surface area contributed by atoms with E-state index in [9.17, 15) is 14.4 Å². The first-order valence-corrected chi connectivity index (χ1v) is 11.1. The molecular weight excluding hydrogens is 432 g/mol. The molecule has 0 radical (unpaired) electrons. The fourth-order valence-corrected chi connectivity index (χ4v) is 4.88. The Labute approximate surface area is 196 Å². The quantitative estimate of drug-likeness (QED) is 0.406. The van der Waals surface area contributed by atoms with E-state index in [1.54, 1.807) is 54.7 Å². The molecule has 6 rings (SSSR count). The summed E-state index contributed by atoms with van der Waals surface area (Å²) in [6.07, 6.45) is 5.08. The monoisotopic (exact) mass is 456 g/mol. The van der Waals surface area contributed by atoms with E-state index >= 15 is 0 Å². The van der Waals surface area contributed by atoms with Crippen LogP contribution in [0.1, 0.15) is 29.8 Å². The summed E-state index contributed by atoms with van der Waals surface area (Å²) in [5, 5.41) is 15.5. The Morgan fingerprint density at radius 3 is 2.41 bits per heavy atom. The number of fused-ring (bicyclic) bond motifs is 1. The Kier molecular flexibility index (Phi) is 5.45. The van der Waals surface area contributed by atoms with Crippen molar-refractivity contribution in [3.05, 3.63) is 73.1 Å². The van der Waals surface area contributed by atoms with Crippen LogP contribution in [0.2, 0.25) is 0 Å². The smallest absolute Gasteiger partial charge is 0.274 e. The predicted octanol–water partition coefficient (Wildman–Crippen LogP) is 3.13. The van der Waals surface area contributed by atoms with Gasteiger partial charge in [0.25, 0.3) is 5.91 Å². The summed E-state index contributed by atoms with van der Waals surface area (Å²) in [5.41, 5.74) is 2.44. The van der Waals surface area contributed by atoms with Gasteiger partial charge >= 0.3 is 0 Å². The van der Waals surface area contributed by atoms with Crippen LogP contribution in [0.5, 0.6) is 0 Å². The topological polar surface area (TPSA) is 129 Å². The molecule has 2 bridgehead atoms. The first-order chi connectivity index (χ1) is 16.5. The average molecular weight is 457 g/mol. The number of carbonyl (C=O) groups excluding carboxylic acids is 3. The van der Waals surface area contributed by atoms with E-state index in [4.69, 9.17) is 0 Å². The first kappa shape index (κ1) is 21.6. The summed E-state index contributed by atoms with van der Waals surface area (Å²) in [7, 11) is 0. The van der Waals surface area contributed by atoms with E-state index in [-0.39, 0.29) is 29.5 Å². The van der Waals surface area contributed by atoms with Crippen LogP contribution in [0.25, 0.3) is 11.4 Å². The highest BCUT2D eigenvalue weighted by Crippen LogP contribution is 2.59. The lowest BCUT2D eigenvalue weighted by Crippen LogP contribution is -2.41. The molecule has 0 aliphatic heterocycles. The maximum Gasteiger partial charge on any atom is 0.274 e. The van der Waals surface area contributed by atoms with Crippen molar-refractivity contribution in [3.8, 4) is 11.4 Å². The van der Waals surface area contributed by atoms with Crippen molar-refractivity contribution < 1.29 is 14.4 Å². The number of rotatable bonds is 7. The molecule has 0 spiro atoms. The Hall–Kier alpha value is -4.27. The molecule has 3 aliphatic rings. The summed E-state index contributed by atoms with van der Waals surface area (Å²) >= 11 is 0. The van der Waals surface area contributed by atoms with Crippen molar-refractivity contribution in [3.63, 3.8) is 0 Å². The van der Waals surface area contributed by atoms with Gasteiger partial charge in [0, 0.05) is 23.6 Å². The molecule has 1 unspecified atom stereocenters. The van der Waals surface area contributed by atoms with E-state index in [0.29, 0.717) is 29.4 Å². The standard InChI is InChI=1S/C25H24N6O3/c1-2-22(32)30-21-14-25(12-15(21)13-25)24(34)28-17-8-6-16(7-9-17)27-23(33)20-5-3-4-18(29-20)19-10-11-26-31-19/h2-11,15,21H,1,12-14H2,(H,26,31)(H,27,33)(H,28,34)(H,30,32). The molecule has 3 fully saturated rings. The number of H-pyrrole nitrogens is 1. The molecule has 9 nitrogen and oxygen atoms in total. The third-order valence-corrected chi connectivity index (χ3v) is 6.64. The average Bonchev–Trinajstić information content (AvgIpc) is 3.56. The number of hydrogen-bond donors (Lipinski definition) is 4. The highest BCUT2D eigenvalue weighted by molar-refractivity contribution is 6.03. The number of aromatic nitrogens is 3. The summed E-state index contributed by atoms with van der Waals surface area (Å²) in [6, 6.07) is 14.0. The minimum absolute atomic E-state index is 0.0224. The van der Waals surface area contributed by atoms with Gasteiger partial charge in [0.05, 0.1) is 16.8 Å². The van der Waals surface area contributed by atoms with Crippen LogP contribution in [0.15, 0.2) is 67.4 Å². The van der Waals surface area contributed by atoms with E-state index in [0.717, 1.165) is 18.5 Å². The van der Waals surface area contributed by atoms with Crippen molar-refractivity contribution in [1.82, 2.24) is 20.5 Å². The minimum atomic E-state index is -0.429. The van der Waals surface area contributed by atoms with Gasteiger partial charge in [-0.3, -0.25) is 19.5 Å². The van der Waals surface area contributed by atoms with E-state index in [1.165, 1.54) is 6.08 Å². The van der Waals surface area contributed by atoms with Gasteiger partial charge in [0.2, 0.25) is 11.8 Å². The zero-order chi connectivity index (χ0) is 23.7. The van der Waals surface area contributed by atoms with Gasteiger partial charge in [-0.25, -0.2) is 4.98 Å². The highest BCUT2D eigenvalue weighted by atomic mass is 16.2. The highest BCUT2D eigenvalue weighted by Gasteiger charge is 2.60. The maximum atomic E-state index is 12.9. The molecule has 2 aromatic heterocycles. The second kappa shape index (κ2) is 8.58. The van der Waals surface area contributed by atoms with Crippen LogP contribution < -0.4 is 16.0 Å². The number of aromatic amines is 1. The second-order valence-electron chi connectivity index (χ2n) is 8.84. The van der Waals surface area contributed by atoms with E-state index in [1.807, 2.05) is 0 Å². The third-order valence-electron chi connectivity index (χ3n) is 6.64. The number of hydrogen-bond acceptors (Lipinski definition) is 5. The predicted molar refractivity (Wildman–Crippen MR) is 127 cm³/mol. The Bertz CT molecular complexity index is 1250. The molecule has 3 saturated carbocycles. The lowest BCUT2D eigenvalue weighted by atomic mass is 9.69. The number of carbonyl (C=O) groups is 3. The molecule has 1 aromatic carbocycles. The molecule has 2 heterocycles. The van der Waals surface area contributed by atoms with Crippen LogP contribution in [0.3, 0.4) is 0 Å². The molecule has 0 saturated heterocycles. The van der Waals surface area contributed by atoms with Gasteiger partial charge in [-0.05, 0) is 73.7 Å². The van der Waals surface area contributed by atoms with Gasteiger partial charge in [-0.2, -0.15) is 5.10 Å². The lowest BCUT2D eigenvalue weighted by molar-refractivity contribution is -0.129. The van der Waals surface area contributed by atoms with Crippen molar-refractivity contribution in [2.75, 3.05) is 10.6 Å². The van der Waals surface area contributed by atoms with Crippen molar-refractivity contribution in [2.45, 2.75) is 25.3 Å². The number of benzene rings is 1. The number of anilines is 2. The van der Waals surface area contributed by atoms with E-state index in [2.05, 4.69) is 37.7 Å². The third kappa shape index (κ3) is 4.07. The molecule has 1 atom stereocenters. The molecule has 3 aromatic rings. The fourth-order valence-electron chi connectivity index (χ4n) is 4.88. The van der Waals surface area contributed by atoms with Gasteiger partial charge < -0.3 is 16.0 Å². The molecule has 34 heavy (non-hydrogen) atoms.